The predicted octanol–water partition coefficient (Wildman–Crippen LogP) is 6.85. The number of aliphatic imine (C=N–C) groups is 1. The van der Waals surface area contributed by atoms with Crippen LogP contribution in [0, 0.1) is 0 Å². The average molecular weight is 328 g/mol. The maximum atomic E-state index is 5.28. The van der Waals surface area contributed by atoms with Crippen molar-refractivity contribution < 1.29 is 4.74 Å². The second kappa shape index (κ2) is 13.4. The van der Waals surface area contributed by atoms with Gasteiger partial charge in [-0.1, -0.05) is 63.6 Å². The first-order valence-electron chi connectivity index (χ1n) is 8.82. The highest BCUT2D eigenvalue weighted by molar-refractivity contribution is 6.01. The molecule has 0 saturated heterocycles. The number of benzene rings is 1. The molecule has 2 nitrogen and oxygen atoms in total. The van der Waals surface area contributed by atoms with E-state index >= 15 is 0 Å². The number of ether oxygens (including phenoxy) is 1. The molecule has 0 bridgehead atoms. The molecule has 1 rings (SSSR count). The van der Waals surface area contributed by atoms with E-state index in [0.717, 1.165) is 29.1 Å². The Bertz CT molecular complexity index is 592. The molecule has 0 unspecified atom stereocenters. The van der Waals surface area contributed by atoms with Gasteiger partial charge in [0, 0.05) is 11.3 Å². The zero-order valence-corrected chi connectivity index (χ0v) is 16.4. The number of allylic oxidation sites excluding steroid dienone is 5. The molecule has 24 heavy (non-hydrogen) atoms. The highest BCUT2D eigenvalue weighted by atomic mass is 16.5. The highest BCUT2D eigenvalue weighted by Crippen LogP contribution is 2.22. The Balaban J connectivity index is 0.00000254. The number of rotatable bonds is 7. The lowest BCUT2D eigenvalue weighted by atomic mass is 10.1. The molecule has 0 aromatic heterocycles. The third-order valence-corrected chi connectivity index (χ3v) is 3.44. The van der Waals surface area contributed by atoms with E-state index in [9.17, 15) is 0 Å². The Labute approximate surface area is 148 Å². The van der Waals surface area contributed by atoms with Crippen LogP contribution in [0.25, 0.3) is 5.70 Å². The van der Waals surface area contributed by atoms with Gasteiger partial charge < -0.3 is 4.74 Å². The second-order valence-corrected chi connectivity index (χ2v) is 5.17. The van der Waals surface area contributed by atoms with Crippen LogP contribution < -0.4 is 4.74 Å². The molecule has 0 radical (unpaired) electrons. The van der Waals surface area contributed by atoms with Crippen LogP contribution in [0.2, 0.25) is 0 Å². The quantitative estimate of drug-likeness (QED) is 0.396. The zero-order valence-electron chi connectivity index (χ0n) is 16.4. The molecule has 0 N–H and O–H groups in total. The van der Waals surface area contributed by atoms with E-state index in [1.54, 1.807) is 7.11 Å². The Hall–Kier alpha value is -2.09. The van der Waals surface area contributed by atoms with Gasteiger partial charge in [0.2, 0.25) is 0 Å². The average Bonchev–Trinajstić information content (AvgIpc) is 2.64. The van der Waals surface area contributed by atoms with Gasteiger partial charge in [-0.3, -0.25) is 4.99 Å². The van der Waals surface area contributed by atoms with Crippen LogP contribution in [0.1, 0.15) is 59.9 Å². The van der Waals surface area contributed by atoms with Crippen LogP contribution in [0.15, 0.2) is 59.1 Å². The normalized spacial score (nSPS) is 12.9. The van der Waals surface area contributed by atoms with Crippen molar-refractivity contribution in [3.63, 3.8) is 0 Å². The van der Waals surface area contributed by atoms with Crippen LogP contribution >= 0.6 is 0 Å². The lowest BCUT2D eigenvalue weighted by Crippen LogP contribution is -1.95. The van der Waals surface area contributed by atoms with Gasteiger partial charge in [-0.2, -0.15) is 0 Å². The van der Waals surface area contributed by atoms with E-state index in [-0.39, 0.29) is 0 Å². The maximum absolute atomic E-state index is 5.28. The fourth-order valence-electron chi connectivity index (χ4n) is 1.94. The lowest BCUT2D eigenvalue weighted by Gasteiger charge is -2.07. The van der Waals surface area contributed by atoms with Crippen molar-refractivity contribution in [1.82, 2.24) is 0 Å². The summed E-state index contributed by atoms with van der Waals surface area (Å²) in [7, 11) is 1.68. The SMILES string of the molecule is CC.C\C=C(/N=C(C)/C(C)=C\C=C/CCC)c1cccc(OC)c1. The molecule has 0 amide bonds. The Morgan fingerprint density at radius 2 is 1.92 bits per heavy atom. The van der Waals surface area contributed by atoms with Crippen molar-refractivity contribution >= 4 is 11.4 Å². The molecule has 1 aromatic carbocycles. The van der Waals surface area contributed by atoms with Crippen molar-refractivity contribution in [3.8, 4) is 5.75 Å². The Morgan fingerprint density at radius 3 is 2.50 bits per heavy atom. The summed E-state index contributed by atoms with van der Waals surface area (Å²) in [5.41, 5.74) is 4.23. The van der Waals surface area contributed by atoms with Gasteiger partial charge in [0.05, 0.1) is 12.8 Å². The summed E-state index contributed by atoms with van der Waals surface area (Å²) in [4.78, 5) is 4.76. The minimum Gasteiger partial charge on any atom is -0.497 e. The standard InChI is InChI=1S/C20H27NO.C2H6/c1-6-8-9-10-12-16(3)17(4)21-20(7-2)18-13-11-14-19(15-18)22-5;1-2/h7,9-15H,6,8H2,1-5H3;1-2H3/b10-9-,16-12-,20-7-,21-17+;. The first kappa shape index (κ1) is 21.9. The first-order chi connectivity index (χ1) is 11.6. The van der Waals surface area contributed by atoms with E-state index in [1.807, 2.05) is 52.0 Å². The van der Waals surface area contributed by atoms with E-state index in [1.165, 1.54) is 12.0 Å². The van der Waals surface area contributed by atoms with Gasteiger partial charge in [-0.25, -0.2) is 0 Å². The van der Waals surface area contributed by atoms with Gasteiger partial charge in [0.1, 0.15) is 5.75 Å². The minimum atomic E-state index is 0.847. The predicted molar refractivity (Wildman–Crippen MR) is 109 cm³/mol. The molecule has 0 fully saturated rings. The molecule has 1 aromatic rings. The molecule has 0 heterocycles. The van der Waals surface area contributed by atoms with Crippen LogP contribution in [0.5, 0.6) is 5.75 Å². The van der Waals surface area contributed by atoms with E-state index in [2.05, 4.69) is 38.1 Å². The fourth-order valence-corrected chi connectivity index (χ4v) is 1.94. The first-order valence-corrected chi connectivity index (χ1v) is 8.82. The summed E-state index contributed by atoms with van der Waals surface area (Å²) in [6, 6.07) is 7.98. The van der Waals surface area contributed by atoms with Crippen molar-refractivity contribution in [2.45, 2.75) is 54.4 Å². The lowest BCUT2D eigenvalue weighted by molar-refractivity contribution is 0.414. The van der Waals surface area contributed by atoms with Crippen molar-refractivity contribution in [1.29, 1.82) is 0 Å². The number of hydrogen-bond acceptors (Lipinski definition) is 2. The monoisotopic (exact) mass is 327 g/mol. The van der Waals surface area contributed by atoms with Gasteiger partial charge in [0.25, 0.3) is 0 Å². The van der Waals surface area contributed by atoms with Gasteiger partial charge in [-0.05, 0) is 44.9 Å². The molecule has 0 saturated carbocycles. The van der Waals surface area contributed by atoms with Gasteiger partial charge in [-0.15, -0.1) is 0 Å². The van der Waals surface area contributed by atoms with Gasteiger partial charge in [0.15, 0.2) is 0 Å². The molecule has 0 spiro atoms. The molecular formula is C22H33NO. The second-order valence-electron chi connectivity index (χ2n) is 5.17. The topological polar surface area (TPSA) is 21.6 Å². The highest BCUT2D eigenvalue weighted by Gasteiger charge is 2.02. The summed E-state index contributed by atoms with van der Waals surface area (Å²) < 4.78 is 5.28. The number of hydrogen-bond donors (Lipinski definition) is 0. The number of nitrogens with zero attached hydrogens (tertiary/aromatic N) is 1. The third-order valence-electron chi connectivity index (χ3n) is 3.44. The van der Waals surface area contributed by atoms with E-state index in [0.29, 0.717) is 0 Å². The molecule has 0 atom stereocenters. The fraction of sp³-hybridized carbons (Fsp3) is 0.409. The third kappa shape index (κ3) is 7.96. The smallest absolute Gasteiger partial charge is 0.119 e. The number of methoxy groups -OCH3 is 1. The molecule has 0 aliphatic carbocycles. The van der Waals surface area contributed by atoms with Crippen LogP contribution in [0.3, 0.4) is 0 Å². The van der Waals surface area contributed by atoms with E-state index < -0.39 is 0 Å². The maximum Gasteiger partial charge on any atom is 0.119 e. The van der Waals surface area contributed by atoms with Crippen LogP contribution in [-0.2, 0) is 0 Å². The van der Waals surface area contributed by atoms with Crippen LogP contribution in [0.4, 0.5) is 0 Å². The molecule has 0 aliphatic heterocycles. The summed E-state index contributed by atoms with van der Waals surface area (Å²) in [5.74, 6) is 0.847. The van der Waals surface area contributed by atoms with E-state index in [4.69, 9.17) is 9.73 Å². The molecule has 2 heteroatoms. The largest absolute Gasteiger partial charge is 0.497 e. The van der Waals surface area contributed by atoms with Gasteiger partial charge >= 0.3 is 0 Å². The van der Waals surface area contributed by atoms with Crippen molar-refractivity contribution in [2.75, 3.05) is 7.11 Å². The summed E-state index contributed by atoms with van der Waals surface area (Å²) in [5, 5.41) is 0. The zero-order chi connectivity index (χ0) is 18.4. The number of unbranched alkanes of at least 4 members (excludes halogenated alkanes) is 1. The Morgan fingerprint density at radius 1 is 1.21 bits per heavy atom. The van der Waals surface area contributed by atoms with Crippen LogP contribution in [-0.4, -0.2) is 12.8 Å². The minimum absolute atomic E-state index is 0.847. The molecular weight excluding hydrogens is 294 g/mol. The molecule has 132 valence electrons. The van der Waals surface area contributed by atoms with Crippen molar-refractivity contribution in [2.24, 2.45) is 4.99 Å². The summed E-state index contributed by atoms with van der Waals surface area (Å²) >= 11 is 0. The molecule has 0 aliphatic rings. The summed E-state index contributed by atoms with van der Waals surface area (Å²) in [6.07, 6.45) is 10.7. The summed E-state index contributed by atoms with van der Waals surface area (Å²) in [6.45, 7) is 12.3. The Kier molecular flexibility index (Phi) is 12.2. The van der Waals surface area contributed by atoms with Crippen molar-refractivity contribution in [3.05, 3.63) is 59.7 Å².